The Bertz CT molecular complexity index is 618. The van der Waals surface area contributed by atoms with E-state index in [-0.39, 0.29) is 0 Å². The molecule has 0 spiro atoms. The summed E-state index contributed by atoms with van der Waals surface area (Å²) in [6, 6.07) is 14.0. The molecule has 2 aromatic rings. The zero-order valence-corrected chi connectivity index (χ0v) is 14.7. The summed E-state index contributed by atoms with van der Waals surface area (Å²) in [5, 5.41) is 2.67. The van der Waals surface area contributed by atoms with Gasteiger partial charge in [-0.25, -0.2) is 0 Å². The van der Waals surface area contributed by atoms with E-state index in [0.717, 1.165) is 22.5 Å². The second-order valence-corrected chi connectivity index (χ2v) is 7.88. The Morgan fingerprint density at radius 1 is 1.18 bits per heavy atom. The second-order valence-electron chi connectivity index (χ2n) is 5.60. The number of hydrogen-bond acceptors (Lipinski definition) is 2. The van der Waals surface area contributed by atoms with Crippen LogP contribution in [-0.4, -0.2) is 12.9 Å². The number of carbonyl (C=O) groups excluding carboxylic acids is 1. The number of hydrogen-bond donors (Lipinski definition) is 0. The molecule has 0 aliphatic heterocycles. The molecule has 4 heteroatoms. The molecule has 116 valence electrons. The van der Waals surface area contributed by atoms with Crippen molar-refractivity contribution in [2.75, 3.05) is 6.61 Å². The first-order valence-electron chi connectivity index (χ1n) is 7.26. The third-order valence-corrected chi connectivity index (χ3v) is 5.42. The van der Waals surface area contributed by atoms with Gasteiger partial charge in [-0.2, -0.15) is 0 Å². The van der Waals surface area contributed by atoms with Crippen LogP contribution in [0.2, 0.25) is 5.02 Å². The molecule has 0 aromatic heterocycles. The van der Waals surface area contributed by atoms with Crippen LogP contribution in [0.25, 0.3) is 0 Å². The minimum Gasteiger partial charge on any atom is -0.349 e. The van der Waals surface area contributed by atoms with E-state index < -0.39 is 8.15 Å². The molecule has 2 nitrogen and oxygen atoms in total. The van der Waals surface area contributed by atoms with Crippen LogP contribution in [0.5, 0.6) is 0 Å². The molecule has 2 rings (SSSR count). The predicted molar refractivity (Wildman–Crippen MR) is 95.0 cm³/mol. The average molecular weight is 335 g/mol. The standard InChI is InChI=1S/C18H20ClO2P/c1-13(2)12-21-22(15-7-5-4-6-8-15)16-9-14(3)17(11-20)18(19)10-16/h4-11,13H,12H2,1-3H3. The van der Waals surface area contributed by atoms with Crippen molar-refractivity contribution in [2.24, 2.45) is 5.92 Å². The quantitative estimate of drug-likeness (QED) is 0.575. The molecule has 2 aromatic carbocycles. The Balaban J connectivity index is 2.43. The largest absolute Gasteiger partial charge is 0.349 e. The van der Waals surface area contributed by atoms with Gasteiger partial charge in [0.2, 0.25) is 0 Å². The lowest BCUT2D eigenvalue weighted by molar-refractivity contribution is 0.112. The van der Waals surface area contributed by atoms with E-state index in [1.54, 1.807) is 0 Å². The monoisotopic (exact) mass is 334 g/mol. The van der Waals surface area contributed by atoms with Gasteiger partial charge < -0.3 is 4.52 Å². The average Bonchev–Trinajstić information content (AvgIpc) is 2.48. The fourth-order valence-electron chi connectivity index (χ4n) is 2.09. The predicted octanol–water partition coefficient (Wildman–Crippen LogP) is 4.48. The molecule has 0 fully saturated rings. The summed E-state index contributed by atoms with van der Waals surface area (Å²) in [5.74, 6) is 0.458. The Hall–Kier alpha value is -1.21. The third-order valence-electron chi connectivity index (χ3n) is 3.20. The highest BCUT2D eigenvalue weighted by molar-refractivity contribution is 7.68. The van der Waals surface area contributed by atoms with Crippen molar-refractivity contribution in [1.29, 1.82) is 0 Å². The Morgan fingerprint density at radius 2 is 1.86 bits per heavy atom. The molecule has 1 unspecified atom stereocenters. The number of benzene rings is 2. The zero-order valence-electron chi connectivity index (χ0n) is 13.0. The highest BCUT2D eigenvalue weighted by atomic mass is 35.5. The number of rotatable bonds is 6. The summed E-state index contributed by atoms with van der Waals surface area (Å²) < 4.78 is 6.18. The maximum atomic E-state index is 11.1. The van der Waals surface area contributed by atoms with Crippen LogP contribution in [0.4, 0.5) is 0 Å². The highest BCUT2D eigenvalue weighted by Gasteiger charge is 2.18. The van der Waals surface area contributed by atoms with Crippen molar-refractivity contribution in [1.82, 2.24) is 0 Å². The third kappa shape index (κ3) is 4.16. The fraction of sp³-hybridized carbons (Fsp3) is 0.278. The fourth-order valence-corrected chi connectivity index (χ4v) is 4.52. The second kappa shape index (κ2) is 7.87. The summed E-state index contributed by atoms with van der Waals surface area (Å²) in [7, 11) is -0.934. The molecular formula is C18H20ClO2P. The van der Waals surface area contributed by atoms with Crippen LogP contribution in [0, 0.1) is 12.8 Å². The van der Waals surface area contributed by atoms with Gasteiger partial charge in [-0.1, -0.05) is 55.8 Å². The normalized spacial score (nSPS) is 12.4. The Morgan fingerprint density at radius 3 is 2.41 bits per heavy atom. The summed E-state index contributed by atoms with van der Waals surface area (Å²) >= 11 is 6.25. The summed E-state index contributed by atoms with van der Waals surface area (Å²) in [4.78, 5) is 11.1. The van der Waals surface area contributed by atoms with Gasteiger partial charge in [-0.05, 0) is 30.5 Å². The molecule has 0 saturated carbocycles. The van der Waals surface area contributed by atoms with E-state index in [1.165, 1.54) is 0 Å². The first kappa shape index (κ1) is 17.1. The molecular weight excluding hydrogens is 315 g/mol. The van der Waals surface area contributed by atoms with Gasteiger partial charge in [-0.15, -0.1) is 0 Å². The number of carbonyl (C=O) groups is 1. The Labute approximate surface area is 138 Å². The van der Waals surface area contributed by atoms with Crippen LogP contribution >= 0.6 is 19.7 Å². The molecule has 0 aliphatic carbocycles. The maximum Gasteiger partial charge on any atom is 0.151 e. The molecule has 22 heavy (non-hydrogen) atoms. The highest BCUT2D eigenvalue weighted by Crippen LogP contribution is 2.37. The first-order chi connectivity index (χ1) is 10.5. The van der Waals surface area contributed by atoms with Crippen LogP contribution in [-0.2, 0) is 4.52 Å². The van der Waals surface area contributed by atoms with Crippen LogP contribution in [0.1, 0.15) is 29.8 Å². The molecule has 0 N–H and O–H groups in total. The summed E-state index contributed by atoms with van der Waals surface area (Å²) in [6.07, 6.45) is 0.807. The molecule has 0 heterocycles. The lowest BCUT2D eigenvalue weighted by atomic mass is 10.1. The lowest BCUT2D eigenvalue weighted by Crippen LogP contribution is -2.16. The van der Waals surface area contributed by atoms with E-state index in [2.05, 4.69) is 26.0 Å². The molecule has 0 radical (unpaired) electrons. The van der Waals surface area contributed by atoms with Crippen molar-refractivity contribution in [2.45, 2.75) is 20.8 Å². The van der Waals surface area contributed by atoms with Gasteiger partial charge in [0.15, 0.2) is 6.29 Å². The summed E-state index contributed by atoms with van der Waals surface area (Å²) in [5.41, 5.74) is 1.44. The maximum absolute atomic E-state index is 11.1. The van der Waals surface area contributed by atoms with Crippen LogP contribution in [0.3, 0.4) is 0 Å². The van der Waals surface area contributed by atoms with Gasteiger partial charge in [0.1, 0.15) is 0 Å². The van der Waals surface area contributed by atoms with Gasteiger partial charge in [0.05, 0.1) is 19.8 Å². The van der Waals surface area contributed by atoms with Crippen molar-refractivity contribution in [3.8, 4) is 0 Å². The number of aryl methyl sites for hydroxylation is 1. The minimum absolute atomic E-state index is 0.458. The first-order valence-corrected chi connectivity index (χ1v) is 8.90. The van der Waals surface area contributed by atoms with Crippen LogP contribution < -0.4 is 10.6 Å². The number of halogens is 1. The van der Waals surface area contributed by atoms with Crippen LogP contribution in [0.15, 0.2) is 42.5 Å². The van der Waals surface area contributed by atoms with E-state index in [4.69, 9.17) is 16.1 Å². The lowest BCUT2D eigenvalue weighted by Gasteiger charge is -2.21. The molecule has 0 bridgehead atoms. The van der Waals surface area contributed by atoms with E-state index in [0.29, 0.717) is 23.1 Å². The van der Waals surface area contributed by atoms with Gasteiger partial charge >= 0.3 is 0 Å². The number of aldehydes is 1. The van der Waals surface area contributed by atoms with Crippen molar-refractivity contribution >= 4 is 36.6 Å². The van der Waals surface area contributed by atoms with Crippen molar-refractivity contribution < 1.29 is 9.32 Å². The topological polar surface area (TPSA) is 26.3 Å². The SMILES string of the molecule is Cc1cc(P(OCC(C)C)c2ccccc2)cc(Cl)c1C=O. The van der Waals surface area contributed by atoms with Gasteiger partial charge in [0.25, 0.3) is 0 Å². The summed E-state index contributed by atoms with van der Waals surface area (Å²) in [6.45, 7) is 6.85. The molecule has 0 amide bonds. The minimum atomic E-state index is -0.934. The Kier molecular flexibility index (Phi) is 6.14. The molecule has 1 atom stereocenters. The zero-order chi connectivity index (χ0) is 16.1. The molecule has 0 aliphatic rings. The van der Waals surface area contributed by atoms with E-state index in [9.17, 15) is 4.79 Å². The van der Waals surface area contributed by atoms with Gasteiger partial charge in [0, 0.05) is 16.2 Å². The van der Waals surface area contributed by atoms with Crippen molar-refractivity contribution in [3.63, 3.8) is 0 Å². The van der Waals surface area contributed by atoms with E-state index >= 15 is 0 Å². The smallest absolute Gasteiger partial charge is 0.151 e. The molecule has 0 saturated heterocycles. The van der Waals surface area contributed by atoms with E-state index in [1.807, 2.05) is 37.3 Å². The van der Waals surface area contributed by atoms with Crippen molar-refractivity contribution in [3.05, 3.63) is 58.6 Å². The van der Waals surface area contributed by atoms with Gasteiger partial charge in [-0.3, -0.25) is 4.79 Å².